The molecule has 2 amide bonds. The highest BCUT2D eigenvalue weighted by Crippen LogP contribution is 2.11. The van der Waals surface area contributed by atoms with Crippen LogP contribution in [0.25, 0.3) is 11.0 Å². The van der Waals surface area contributed by atoms with Crippen LogP contribution in [-0.2, 0) is 23.2 Å². The van der Waals surface area contributed by atoms with E-state index in [1.54, 1.807) is 32.2 Å². The van der Waals surface area contributed by atoms with Gasteiger partial charge in [-0.3, -0.25) is 18.7 Å². The van der Waals surface area contributed by atoms with Crippen molar-refractivity contribution in [1.29, 1.82) is 0 Å². The van der Waals surface area contributed by atoms with E-state index in [0.717, 1.165) is 5.52 Å². The lowest BCUT2D eigenvalue weighted by Gasteiger charge is -2.16. The molecule has 0 unspecified atom stereocenters. The molecule has 9 nitrogen and oxygen atoms in total. The van der Waals surface area contributed by atoms with Gasteiger partial charge in [0.05, 0.1) is 17.6 Å². The number of nitrogens with zero attached hydrogens (tertiary/aromatic N) is 4. The van der Waals surface area contributed by atoms with E-state index in [1.165, 1.54) is 21.1 Å². The predicted octanol–water partition coefficient (Wildman–Crippen LogP) is 0.734. The zero-order valence-corrected chi connectivity index (χ0v) is 14.7. The van der Waals surface area contributed by atoms with Gasteiger partial charge in [0.1, 0.15) is 12.3 Å². The smallest absolute Gasteiger partial charge is 0.329 e. The van der Waals surface area contributed by atoms with Crippen LogP contribution < -0.4 is 11.0 Å². The molecule has 0 atom stereocenters. The van der Waals surface area contributed by atoms with Crippen LogP contribution in [0.4, 0.5) is 5.82 Å². The summed E-state index contributed by atoms with van der Waals surface area (Å²) >= 11 is 0. The summed E-state index contributed by atoms with van der Waals surface area (Å²) in [5.41, 5.74) is 1.13. The van der Waals surface area contributed by atoms with Crippen molar-refractivity contribution in [2.24, 2.45) is 7.05 Å². The SMILES string of the molecule is Cc1cc(NC(=O)CN(C)C(=O)Cn2c(=O)n(C)c3ccccc32)no1. The van der Waals surface area contributed by atoms with Crippen LogP contribution in [0.3, 0.4) is 0 Å². The van der Waals surface area contributed by atoms with E-state index in [2.05, 4.69) is 10.5 Å². The highest BCUT2D eigenvalue weighted by Gasteiger charge is 2.18. The van der Waals surface area contributed by atoms with Crippen LogP contribution in [0.5, 0.6) is 0 Å². The maximum Gasteiger partial charge on any atom is 0.329 e. The normalized spacial score (nSPS) is 10.9. The lowest BCUT2D eigenvalue weighted by Crippen LogP contribution is -2.38. The van der Waals surface area contributed by atoms with Crippen molar-refractivity contribution >= 4 is 28.7 Å². The first-order valence-electron chi connectivity index (χ1n) is 7.98. The van der Waals surface area contributed by atoms with Gasteiger partial charge in [-0.15, -0.1) is 0 Å². The van der Waals surface area contributed by atoms with Crippen molar-refractivity contribution in [2.45, 2.75) is 13.5 Å². The van der Waals surface area contributed by atoms with Crippen LogP contribution >= 0.6 is 0 Å². The van der Waals surface area contributed by atoms with E-state index >= 15 is 0 Å². The molecule has 3 aromatic rings. The summed E-state index contributed by atoms with van der Waals surface area (Å²) in [4.78, 5) is 38.1. The zero-order valence-electron chi connectivity index (χ0n) is 14.7. The summed E-state index contributed by atoms with van der Waals surface area (Å²) in [6, 6.07) is 8.81. The number of carbonyl (C=O) groups excluding carboxylic acids is 2. The number of benzene rings is 1. The van der Waals surface area contributed by atoms with Crippen LogP contribution in [-0.4, -0.2) is 44.6 Å². The molecule has 0 aliphatic rings. The number of carbonyl (C=O) groups is 2. The van der Waals surface area contributed by atoms with Crippen molar-refractivity contribution in [3.63, 3.8) is 0 Å². The van der Waals surface area contributed by atoms with E-state index in [4.69, 9.17) is 4.52 Å². The van der Waals surface area contributed by atoms with Crippen LogP contribution in [0, 0.1) is 6.92 Å². The van der Waals surface area contributed by atoms with Gasteiger partial charge in [-0.05, 0) is 19.1 Å². The lowest BCUT2D eigenvalue weighted by atomic mass is 10.3. The Balaban J connectivity index is 1.69. The third-order valence-electron chi connectivity index (χ3n) is 4.05. The van der Waals surface area contributed by atoms with Crippen LogP contribution in [0.2, 0.25) is 0 Å². The third-order valence-corrected chi connectivity index (χ3v) is 4.05. The van der Waals surface area contributed by atoms with E-state index in [-0.39, 0.29) is 24.7 Å². The number of hydrogen-bond acceptors (Lipinski definition) is 5. The first-order chi connectivity index (χ1) is 12.4. The summed E-state index contributed by atoms with van der Waals surface area (Å²) in [6.45, 7) is 1.40. The van der Waals surface area contributed by atoms with Gasteiger partial charge in [0.25, 0.3) is 0 Å². The highest BCUT2D eigenvalue weighted by molar-refractivity contribution is 5.93. The topological polar surface area (TPSA) is 102 Å². The first-order valence-corrected chi connectivity index (χ1v) is 7.98. The number of imidazole rings is 1. The minimum absolute atomic E-state index is 0.146. The summed E-state index contributed by atoms with van der Waals surface area (Å²) in [6.07, 6.45) is 0. The van der Waals surface area contributed by atoms with E-state index in [1.807, 2.05) is 12.1 Å². The Morgan fingerprint density at radius 1 is 1.27 bits per heavy atom. The molecule has 9 heteroatoms. The number of rotatable bonds is 5. The number of aryl methyl sites for hydroxylation is 2. The third kappa shape index (κ3) is 3.37. The molecule has 0 radical (unpaired) electrons. The fraction of sp³-hybridized carbons (Fsp3) is 0.294. The first kappa shape index (κ1) is 17.5. The van der Waals surface area contributed by atoms with Gasteiger partial charge in [0.2, 0.25) is 11.8 Å². The zero-order chi connectivity index (χ0) is 18.8. The van der Waals surface area contributed by atoms with E-state index in [0.29, 0.717) is 17.1 Å². The molecule has 136 valence electrons. The molecule has 0 bridgehead atoms. The molecule has 0 spiro atoms. The number of nitrogens with one attached hydrogen (secondary N) is 1. The fourth-order valence-electron chi connectivity index (χ4n) is 2.68. The number of para-hydroxylation sites is 2. The van der Waals surface area contributed by atoms with Crippen molar-refractivity contribution in [1.82, 2.24) is 19.2 Å². The molecule has 2 aromatic heterocycles. The minimum atomic E-state index is -0.403. The quantitative estimate of drug-likeness (QED) is 0.725. The van der Waals surface area contributed by atoms with E-state index in [9.17, 15) is 14.4 Å². The number of anilines is 1. The Bertz CT molecular complexity index is 1030. The monoisotopic (exact) mass is 357 g/mol. The Morgan fingerprint density at radius 3 is 2.62 bits per heavy atom. The molecule has 0 saturated carbocycles. The Kier molecular flexibility index (Phi) is 4.61. The van der Waals surface area contributed by atoms with Crippen molar-refractivity contribution < 1.29 is 14.1 Å². The Labute approximate surface area is 148 Å². The standard InChI is InChI=1S/C17H19N5O4/c1-11-8-14(19-26-11)18-15(23)9-20(2)16(24)10-22-13-7-5-4-6-12(13)21(3)17(22)25/h4-8H,9-10H2,1-3H3,(H,18,19,23). The lowest BCUT2D eigenvalue weighted by molar-refractivity contribution is -0.133. The molecule has 0 saturated heterocycles. The average molecular weight is 357 g/mol. The maximum atomic E-state index is 12.5. The van der Waals surface area contributed by atoms with Gasteiger partial charge in [-0.25, -0.2) is 4.79 Å². The summed E-state index contributed by atoms with van der Waals surface area (Å²) in [5.74, 6) is 0.105. The average Bonchev–Trinajstić information content (AvgIpc) is 3.11. The highest BCUT2D eigenvalue weighted by atomic mass is 16.5. The van der Waals surface area contributed by atoms with Gasteiger partial charge in [-0.2, -0.15) is 0 Å². The largest absolute Gasteiger partial charge is 0.360 e. The maximum absolute atomic E-state index is 12.5. The molecular formula is C17H19N5O4. The second-order valence-corrected chi connectivity index (χ2v) is 6.04. The van der Waals surface area contributed by atoms with E-state index < -0.39 is 5.91 Å². The summed E-state index contributed by atoms with van der Waals surface area (Å²) in [5, 5.41) is 6.21. The fourth-order valence-corrected chi connectivity index (χ4v) is 2.68. The number of amides is 2. The van der Waals surface area contributed by atoms with Crippen molar-refractivity contribution in [2.75, 3.05) is 18.9 Å². The molecule has 1 aromatic carbocycles. The molecule has 3 rings (SSSR count). The van der Waals surface area contributed by atoms with Gasteiger partial charge >= 0.3 is 5.69 Å². The number of fused-ring (bicyclic) bond motifs is 1. The number of likely N-dealkylation sites (N-methyl/N-ethyl adjacent to an activating group) is 1. The molecule has 0 fully saturated rings. The Hall–Kier alpha value is -3.36. The molecule has 0 aliphatic carbocycles. The number of aromatic nitrogens is 3. The van der Waals surface area contributed by atoms with Gasteiger partial charge in [-0.1, -0.05) is 17.3 Å². The Morgan fingerprint density at radius 2 is 1.96 bits per heavy atom. The van der Waals surface area contributed by atoms with Gasteiger partial charge < -0.3 is 14.7 Å². The molecular weight excluding hydrogens is 338 g/mol. The molecule has 2 heterocycles. The minimum Gasteiger partial charge on any atom is -0.360 e. The summed E-state index contributed by atoms with van der Waals surface area (Å²) < 4.78 is 7.75. The summed E-state index contributed by atoms with van der Waals surface area (Å²) in [7, 11) is 3.16. The van der Waals surface area contributed by atoms with Gasteiger partial charge in [0.15, 0.2) is 5.82 Å². The second kappa shape index (κ2) is 6.87. The van der Waals surface area contributed by atoms with Gasteiger partial charge in [0, 0.05) is 20.2 Å². The van der Waals surface area contributed by atoms with Crippen molar-refractivity contribution in [3.8, 4) is 0 Å². The molecule has 0 aliphatic heterocycles. The number of hydrogen-bond donors (Lipinski definition) is 1. The van der Waals surface area contributed by atoms with Crippen LogP contribution in [0.1, 0.15) is 5.76 Å². The molecule has 26 heavy (non-hydrogen) atoms. The van der Waals surface area contributed by atoms with Crippen LogP contribution in [0.15, 0.2) is 39.6 Å². The molecule has 1 N–H and O–H groups in total. The predicted molar refractivity (Wildman–Crippen MR) is 94.7 cm³/mol. The van der Waals surface area contributed by atoms with Crippen molar-refractivity contribution in [3.05, 3.63) is 46.6 Å². The second-order valence-electron chi connectivity index (χ2n) is 6.04.